The van der Waals surface area contributed by atoms with Crippen LogP contribution in [-0.4, -0.2) is 24.9 Å². The summed E-state index contributed by atoms with van der Waals surface area (Å²) in [7, 11) is -3.64. The smallest absolute Gasteiger partial charge is 0.263 e. The summed E-state index contributed by atoms with van der Waals surface area (Å²) in [6.45, 7) is 2.58. The van der Waals surface area contributed by atoms with Crippen molar-refractivity contribution in [1.82, 2.24) is 9.97 Å². The zero-order chi connectivity index (χ0) is 13.9. The summed E-state index contributed by atoms with van der Waals surface area (Å²) in [5.41, 5.74) is 0. The number of aromatic nitrogens is 2. The highest BCUT2D eigenvalue weighted by molar-refractivity contribution is 9.11. The molecular formula is C10H11BrN4O2S2. The van der Waals surface area contributed by atoms with E-state index in [4.69, 9.17) is 0 Å². The Kier molecular flexibility index (Phi) is 4.38. The van der Waals surface area contributed by atoms with Gasteiger partial charge in [-0.25, -0.2) is 18.4 Å². The monoisotopic (exact) mass is 362 g/mol. The number of sulfonamides is 1. The predicted molar refractivity (Wildman–Crippen MR) is 79.0 cm³/mol. The van der Waals surface area contributed by atoms with E-state index in [1.807, 2.05) is 6.92 Å². The molecule has 0 aliphatic rings. The van der Waals surface area contributed by atoms with Crippen LogP contribution in [0.3, 0.4) is 0 Å². The lowest BCUT2D eigenvalue weighted by Gasteiger charge is -2.07. The van der Waals surface area contributed by atoms with Crippen molar-refractivity contribution in [3.8, 4) is 0 Å². The molecule has 0 aromatic carbocycles. The second kappa shape index (κ2) is 5.85. The molecule has 0 spiro atoms. The lowest BCUT2D eigenvalue weighted by Crippen LogP contribution is -2.13. The van der Waals surface area contributed by atoms with Crippen LogP contribution in [0.5, 0.6) is 0 Å². The molecule has 2 aromatic heterocycles. The quantitative estimate of drug-likeness (QED) is 0.853. The van der Waals surface area contributed by atoms with Gasteiger partial charge in [-0.05, 0) is 28.9 Å². The van der Waals surface area contributed by atoms with Gasteiger partial charge in [-0.3, -0.25) is 4.72 Å². The van der Waals surface area contributed by atoms with Gasteiger partial charge in [-0.15, -0.1) is 0 Å². The van der Waals surface area contributed by atoms with Crippen LogP contribution in [0.1, 0.15) is 6.92 Å². The van der Waals surface area contributed by atoms with Crippen LogP contribution in [0.2, 0.25) is 0 Å². The van der Waals surface area contributed by atoms with Crippen LogP contribution >= 0.6 is 27.3 Å². The van der Waals surface area contributed by atoms with Crippen LogP contribution in [0.4, 0.5) is 10.9 Å². The second-order valence-corrected chi connectivity index (χ2v) is 7.57. The zero-order valence-corrected chi connectivity index (χ0v) is 13.1. The van der Waals surface area contributed by atoms with Crippen molar-refractivity contribution in [1.29, 1.82) is 0 Å². The van der Waals surface area contributed by atoms with E-state index in [9.17, 15) is 8.42 Å². The maximum atomic E-state index is 12.2. The number of thiazole rings is 1. The minimum absolute atomic E-state index is 0.143. The summed E-state index contributed by atoms with van der Waals surface area (Å²) in [6, 6.07) is 2.92. The first-order valence-electron chi connectivity index (χ1n) is 5.35. The number of hydrogen-bond acceptors (Lipinski definition) is 6. The molecule has 0 aliphatic carbocycles. The lowest BCUT2D eigenvalue weighted by atomic mass is 10.4. The highest BCUT2D eigenvalue weighted by atomic mass is 79.9. The number of anilines is 2. The van der Waals surface area contributed by atoms with E-state index < -0.39 is 10.0 Å². The Balaban J connectivity index is 2.26. The minimum atomic E-state index is -3.64. The van der Waals surface area contributed by atoms with Crippen LogP contribution in [0, 0.1) is 0 Å². The predicted octanol–water partition coefficient (Wildman–Crippen LogP) is 2.53. The molecule has 0 aliphatic heterocycles. The SMILES string of the molecule is CCNc1cc(S(=O)(=O)Nc2ncc(Br)s2)ccn1. The normalized spacial score (nSPS) is 11.3. The van der Waals surface area contributed by atoms with Gasteiger partial charge in [0.1, 0.15) is 5.82 Å². The molecule has 0 amide bonds. The van der Waals surface area contributed by atoms with Gasteiger partial charge in [-0.2, -0.15) is 0 Å². The topological polar surface area (TPSA) is 84.0 Å². The molecule has 0 bridgehead atoms. The van der Waals surface area contributed by atoms with Gasteiger partial charge in [0.2, 0.25) is 0 Å². The Bertz CT molecular complexity index is 672. The first-order valence-corrected chi connectivity index (χ1v) is 8.44. The van der Waals surface area contributed by atoms with Gasteiger partial charge in [0, 0.05) is 18.8 Å². The number of halogens is 1. The highest BCUT2D eigenvalue weighted by Gasteiger charge is 2.16. The van der Waals surface area contributed by atoms with Crippen molar-refractivity contribution in [2.24, 2.45) is 0 Å². The van der Waals surface area contributed by atoms with Crippen LogP contribution in [0.15, 0.2) is 33.2 Å². The Hall–Kier alpha value is -1.19. The number of pyridine rings is 1. The van der Waals surface area contributed by atoms with E-state index in [2.05, 4.69) is 35.9 Å². The average Bonchev–Trinajstić information content (AvgIpc) is 2.75. The fraction of sp³-hybridized carbons (Fsp3) is 0.200. The molecule has 0 saturated carbocycles. The maximum absolute atomic E-state index is 12.2. The summed E-state index contributed by atoms with van der Waals surface area (Å²) in [4.78, 5) is 8.11. The molecular weight excluding hydrogens is 352 g/mol. The Morgan fingerprint density at radius 2 is 2.21 bits per heavy atom. The van der Waals surface area contributed by atoms with Crippen molar-refractivity contribution in [2.75, 3.05) is 16.6 Å². The van der Waals surface area contributed by atoms with Crippen LogP contribution < -0.4 is 10.0 Å². The maximum Gasteiger partial charge on any atom is 0.263 e. The summed E-state index contributed by atoms with van der Waals surface area (Å²) in [5.74, 6) is 0.519. The van der Waals surface area contributed by atoms with Gasteiger partial charge in [0.15, 0.2) is 5.13 Å². The molecule has 19 heavy (non-hydrogen) atoms. The first kappa shape index (κ1) is 14.2. The van der Waals surface area contributed by atoms with Crippen molar-refractivity contribution in [2.45, 2.75) is 11.8 Å². The third-order valence-electron chi connectivity index (χ3n) is 2.10. The van der Waals surface area contributed by atoms with Gasteiger partial charge in [0.05, 0.1) is 14.9 Å². The fourth-order valence-electron chi connectivity index (χ4n) is 1.33. The Morgan fingerprint density at radius 1 is 1.42 bits per heavy atom. The van der Waals surface area contributed by atoms with Gasteiger partial charge in [0.25, 0.3) is 10.0 Å². The number of hydrogen-bond donors (Lipinski definition) is 2. The number of nitrogens with one attached hydrogen (secondary N) is 2. The second-order valence-electron chi connectivity index (χ2n) is 3.48. The molecule has 2 heterocycles. The van der Waals surface area contributed by atoms with E-state index >= 15 is 0 Å². The molecule has 0 atom stereocenters. The average molecular weight is 363 g/mol. The summed E-state index contributed by atoms with van der Waals surface area (Å²) >= 11 is 4.44. The summed E-state index contributed by atoms with van der Waals surface area (Å²) in [5, 5.41) is 3.28. The zero-order valence-electron chi connectivity index (χ0n) is 9.92. The molecule has 102 valence electrons. The molecule has 0 unspecified atom stereocenters. The Labute approximate surface area is 123 Å². The third kappa shape index (κ3) is 3.64. The minimum Gasteiger partial charge on any atom is -0.370 e. The van der Waals surface area contributed by atoms with Crippen molar-refractivity contribution in [3.05, 3.63) is 28.3 Å². The van der Waals surface area contributed by atoms with E-state index in [0.717, 1.165) is 3.79 Å². The molecule has 9 heteroatoms. The molecule has 0 radical (unpaired) electrons. The van der Waals surface area contributed by atoms with E-state index in [-0.39, 0.29) is 4.90 Å². The molecule has 0 saturated heterocycles. The number of nitrogens with zero attached hydrogens (tertiary/aromatic N) is 2. The summed E-state index contributed by atoms with van der Waals surface area (Å²) < 4.78 is 27.5. The number of rotatable bonds is 5. The molecule has 0 fully saturated rings. The van der Waals surface area contributed by atoms with Crippen LogP contribution in [0.25, 0.3) is 0 Å². The molecule has 2 N–H and O–H groups in total. The largest absolute Gasteiger partial charge is 0.370 e. The van der Waals surface area contributed by atoms with Gasteiger partial charge >= 0.3 is 0 Å². The third-order valence-corrected chi connectivity index (χ3v) is 4.96. The molecule has 6 nitrogen and oxygen atoms in total. The fourth-order valence-corrected chi connectivity index (χ4v) is 3.69. The van der Waals surface area contributed by atoms with Crippen LogP contribution in [-0.2, 0) is 10.0 Å². The first-order chi connectivity index (χ1) is 9.01. The van der Waals surface area contributed by atoms with E-state index in [0.29, 0.717) is 17.5 Å². The molecule has 2 rings (SSSR count). The molecule has 2 aromatic rings. The van der Waals surface area contributed by atoms with E-state index in [1.54, 1.807) is 6.20 Å². The lowest BCUT2D eigenvalue weighted by molar-refractivity contribution is 0.601. The highest BCUT2D eigenvalue weighted by Crippen LogP contribution is 2.25. The van der Waals surface area contributed by atoms with Gasteiger partial charge in [-0.1, -0.05) is 11.3 Å². The van der Waals surface area contributed by atoms with Crippen molar-refractivity contribution < 1.29 is 8.42 Å². The van der Waals surface area contributed by atoms with E-state index in [1.165, 1.54) is 29.7 Å². The Morgan fingerprint density at radius 3 is 2.84 bits per heavy atom. The van der Waals surface area contributed by atoms with Crippen molar-refractivity contribution in [3.63, 3.8) is 0 Å². The summed E-state index contributed by atoms with van der Waals surface area (Å²) in [6.07, 6.45) is 2.99. The van der Waals surface area contributed by atoms with Gasteiger partial charge < -0.3 is 5.32 Å². The standard InChI is InChI=1S/C10H11BrN4O2S2/c1-2-12-9-5-7(3-4-13-9)19(16,17)15-10-14-6-8(11)18-10/h3-6H,2H2,1H3,(H,12,13)(H,14,15). The van der Waals surface area contributed by atoms with Crippen molar-refractivity contribution >= 4 is 48.2 Å².